The van der Waals surface area contributed by atoms with E-state index in [1.54, 1.807) is 55.6 Å². The van der Waals surface area contributed by atoms with Gasteiger partial charge >= 0.3 is 0 Å². The van der Waals surface area contributed by atoms with Crippen molar-refractivity contribution in [3.63, 3.8) is 0 Å². The van der Waals surface area contributed by atoms with Gasteiger partial charge in [-0.3, -0.25) is 4.79 Å². The molecule has 6 heteroatoms. The van der Waals surface area contributed by atoms with Crippen LogP contribution in [0.5, 0.6) is 5.75 Å². The number of fused-ring (bicyclic) bond motifs is 1. The zero-order valence-electron chi connectivity index (χ0n) is 20.3. The molecule has 0 unspecified atom stereocenters. The van der Waals surface area contributed by atoms with Gasteiger partial charge in [0.2, 0.25) is 0 Å². The van der Waals surface area contributed by atoms with Gasteiger partial charge in [-0.1, -0.05) is 24.3 Å². The molecule has 1 aliphatic rings. The number of thioether (sulfide) groups is 1. The second-order valence-electron chi connectivity index (χ2n) is 5.87. The largest absolute Gasteiger partial charge is 0.497 e. The first-order valence-corrected chi connectivity index (χ1v) is 8.98. The highest BCUT2D eigenvalue weighted by molar-refractivity contribution is 7.99. The third-order valence-corrected chi connectivity index (χ3v) is 5.59. The molecule has 0 saturated heterocycles. The molecule has 0 aromatic heterocycles. The average molecular weight is 379 g/mol. The van der Waals surface area contributed by atoms with E-state index in [9.17, 15) is 9.90 Å². The first-order chi connectivity index (χ1) is 14.9. The van der Waals surface area contributed by atoms with Crippen LogP contribution < -0.4 is 9.64 Å². The number of hydrogen-bond acceptors (Lipinski definition) is 5. The van der Waals surface area contributed by atoms with Gasteiger partial charge in [0, 0.05) is 26.2 Å². The van der Waals surface area contributed by atoms with Gasteiger partial charge in [0.25, 0.3) is 5.91 Å². The molecule has 2 aromatic rings. The molecule has 3 rings (SSSR count). The third-order valence-electron chi connectivity index (χ3n) is 4.21. The van der Waals surface area contributed by atoms with Crippen LogP contribution in [0.3, 0.4) is 0 Å². The molecule has 1 heterocycles. The van der Waals surface area contributed by atoms with Crippen molar-refractivity contribution in [2.45, 2.75) is 16.2 Å². The van der Waals surface area contributed by atoms with Crippen molar-refractivity contribution in [1.29, 1.82) is 0 Å². The highest BCUT2D eigenvalue weighted by Gasteiger charge is 2.37. The summed E-state index contributed by atoms with van der Waals surface area (Å²) in [6, 6.07) is 14.1. The number of carbonyl (C=O) groups excluding carboxylic acids is 1. The van der Waals surface area contributed by atoms with Crippen LogP contribution >= 0.6 is 11.8 Å². The molecule has 138 valence electrons. The molecule has 0 aliphatic carbocycles. The lowest BCUT2D eigenvalue weighted by atomic mass is 10.1. The zero-order valence-corrected chi connectivity index (χ0v) is 15.1. The predicted molar refractivity (Wildman–Crippen MR) is 105 cm³/mol. The summed E-state index contributed by atoms with van der Waals surface area (Å²) in [7, 11) is 1.55. The Morgan fingerprint density at radius 2 is 1.96 bits per heavy atom. The van der Waals surface area contributed by atoms with Crippen LogP contribution in [0.25, 0.3) is 0 Å². The van der Waals surface area contributed by atoms with Gasteiger partial charge in [-0.25, -0.2) is 0 Å². The molecule has 5 nitrogen and oxygen atoms in total. The molecule has 2 atom stereocenters. The van der Waals surface area contributed by atoms with E-state index >= 15 is 0 Å². The van der Waals surface area contributed by atoms with E-state index in [1.165, 1.54) is 16.7 Å². The number of ether oxygens (including phenoxy) is 1. The van der Waals surface area contributed by atoms with Gasteiger partial charge in [-0.15, -0.1) is 11.8 Å². The SMILES string of the molecule is [2H]C([2H])([2H])N(CCN1C(=O)[C@@H](O)[C@@H](c2ccc(OC)cc2)Sc2ccccc21)C([2H])([2H])[2H]. The fourth-order valence-electron chi connectivity index (χ4n) is 2.86. The van der Waals surface area contributed by atoms with E-state index in [4.69, 9.17) is 13.0 Å². The Balaban J connectivity index is 1.94. The fraction of sp³-hybridized carbons (Fsp3) is 0.350. The van der Waals surface area contributed by atoms with Crippen LogP contribution in [0.4, 0.5) is 5.69 Å². The number of para-hydroxylation sites is 1. The minimum Gasteiger partial charge on any atom is -0.497 e. The Labute approximate surface area is 167 Å². The standard InChI is InChI=1S/C20H24N2O3S/c1-21(2)12-13-22-16-6-4-5-7-17(16)26-19(18(23)20(22)24)14-8-10-15(25-3)11-9-14/h4-11,18-19,23H,12-13H2,1-3H3/t18-,19+/m0/s1/i1D3,2D3. The predicted octanol–water partition coefficient (Wildman–Crippen LogP) is 2.80. The Bertz CT molecular complexity index is 938. The monoisotopic (exact) mass is 378 g/mol. The van der Waals surface area contributed by atoms with Gasteiger partial charge < -0.3 is 19.6 Å². The van der Waals surface area contributed by atoms with Crippen LogP contribution in [0.2, 0.25) is 0 Å². The summed E-state index contributed by atoms with van der Waals surface area (Å²) in [5.74, 6) is 0.0175. The fourth-order valence-corrected chi connectivity index (χ4v) is 4.13. The maximum Gasteiger partial charge on any atom is 0.257 e. The summed E-state index contributed by atoms with van der Waals surface area (Å²) >= 11 is 1.32. The molecule has 1 aliphatic heterocycles. The minimum atomic E-state index is -2.86. The van der Waals surface area contributed by atoms with Crippen LogP contribution in [-0.2, 0) is 4.79 Å². The molecule has 0 radical (unpaired) electrons. The first-order valence-electron chi connectivity index (χ1n) is 11.1. The number of rotatable bonds is 5. The second-order valence-corrected chi connectivity index (χ2v) is 7.05. The van der Waals surface area contributed by atoms with E-state index in [-0.39, 0.29) is 6.54 Å². The first kappa shape index (κ1) is 12.4. The zero-order chi connectivity index (χ0) is 23.7. The number of hydrogen-bond donors (Lipinski definition) is 1. The maximum atomic E-state index is 13.3. The Hall–Kier alpha value is -2.02. The van der Waals surface area contributed by atoms with E-state index in [2.05, 4.69) is 0 Å². The van der Waals surface area contributed by atoms with E-state index in [1.807, 2.05) is 0 Å². The molecule has 0 bridgehead atoms. The number of benzene rings is 2. The van der Waals surface area contributed by atoms with Gasteiger partial charge in [0.1, 0.15) is 11.9 Å². The maximum absolute atomic E-state index is 13.3. The summed E-state index contributed by atoms with van der Waals surface area (Å²) in [5.41, 5.74) is 1.22. The number of aliphatic hydroxyl groups excluding tert-OH is 1. The van der Waals surface area contributed by atoms with Crippen molar-refractivity contribution in [3.05, 3.63) is 54.1 Å². The van der Waals surface area contributed by atoms with Crippen molar-refractivity contribution < 1.29 is 22.9 Å². The van der Waals surface area contributed by atoms with Crippen molar-refractivity contribution in [1.82, 2.24) is 4.90 Å². The van der Waals surface area contributed by atoms with Crippen molar-refractivity contribution in [2.75, 3.05) is 39.1 Å². The molecule has 1 amide bonds. The topological polar surface area (TPSA) is 53.0 Å². The van der Waals surface area contributed by atoms with Crippen LogP contribution in [-0.4, -0.2) is 56.2 Å². The van der Waals surface area contributed by atoms with E-state index < -0.39 is 37.8 Å². The number of aliphatic hydroxyl groups is 1. The average Bonchev–Trinajstić information content (AvgIpc) is 2.82. The van der Waals surface area contributed by atoms with Crippen molar-refractivity contribution >= 4 is 23.4 Å². The molecule has 0 saturated carbocycles. The summed E-state index contributed by atoms with van der Waals surface area (Å²) in [5, 5.41) is 10.3. The normalized spacial score (nSPS) is 24.4. The number of anilines is 1. The van der Waals surface area contributed by atoms with E-state index in [0.717, 1.165) is 5.56 Å². The molecular formula is C20H24N2O3S. The second kappa shape index (κ2) is 8.12. The molecule has 0 spiro atoms. The number of carbonyl (C=O) groups is 1. The number of methoxy groups -OCH3 is 1. The van der Waals surface area contributed by atoms with Crippen LogP contribution in [0, 0.1) is 0 Å². The van der Waals surface area contributed by atoms with Gasteiger partial charge in [-0.05, 0) is 43.8 Å². The molecule has 1 N–H and O–H groups in total. The number of nitrogens with zero attached hydrogens (tertiary/aromatic N) is 2. The number of likely N-dealkylation sites (N-methyl/N-ethyl adjacent to an activating group) is 1. The lowest BCUT2D eigenvalue weighted by molar-refractivity contribution is -0.126. The van der Waals surface area contributed by atoms with Crippen molar-refractivity contribution in [2.24, 2.45) is 0 Å². The highest BCUT2D eigenvalue weighted by Crippen LogP contribution is 2.45. The lowest BCUT2D eigenvalue weighted by Gasteiger charge is -2.26. The Morgan fingerprint density at radius 3 is 2.65 bits per heavy atom. The Morgan fingerprint density at radius 1 is 1.23 bits per heavy atom. The summed E-state index contributed by atoms with van der Waals surface area (Å²) < 4.78 is 50.5. The number of amides is 1. The van der Waals surface area contributed by atoms with E-state index in [0.29, 0.717) is 21.2 Å². The van der Waals surface area contributed by atoms with Gasteiger partial charge in [-0.2, -0.15) is 0 Å². The summed E-state index contributed by atoms with van der Waals surface area (Å²) in [6.45, 7) is -6.35. The van der Waals surface area contributed by atoms with Crippen molar-refractivity contribution in [3.8, 4) is 5.75 Å². The third kappa shape index (κ3) is 3.87. The summed E-state index contributed by atoms with van der Waals surface area (Å²) in [4.78, 5) is 15.6. The van der Waals surface area contributed by atoms with Crippen LogP contribution in [0.15, 0.2) is 53.4 Å². The summed E-state index contributed by atoms with van der Waals surface area (Å²) in [6.07, 6.45) is -1.42. The lowest BCUT2D eigenvalue weighted by Crippen LogP contribution is -2.43. The highest BCUT2D eigenvalue weighted by atomic mass is 32.2. The minimum absolute atomic E-state index is 0.209. The van der Waals surface area contributed by atoms with Gasteiger partial charge in [0.15, 0.2) is 0 Å². The molecular weight excluding hydrogens is 348 g/mol. The molecule has 26 heavy (non-hydrogen) atoms. The van der Waals surface area contributed by atoms with Gasteiger partial charge in [0.05, 0.1) is 18.0 Å². The Kier molecular flexibility index (Phi) is 3.87. The van der Waals surface area contributed by atoms with Crippen LogP contribution in [0.1, 0.15) is 19.0 Å². The molecule has 0 fully saturated rings. The molecule has 2 aromatic carbocycles. The smallest absolute Gasteiger partial charge is 0.257 e. The quantitative estimate of drug-likeness (QED) is 0.867.